The third-order valence-corrected chi connectivity index (χ3v) is 7.68. The van der Waals surface area contributed by atoms with Gasteiger partial charge in [-0.1, -0.05) is 71.4 Å². The van der Waals surface area contributed by atoms with Gasteiger partial charge in [-0.25, -0.2) is 0 Å². The van der Waals surface area contributed by atoms with E-state index >= 15 is 0 Å². The Labute approximate surface area is 198 Å². The highest BCUT2D eigenvalue weighted by Crippen LogP contribution is 2.41. The first-order chi connectivity index (χ1) is 14.5. The molecule has 0 spiro atoms. The summed E-state index contributed by atoms with van der Waals surface area (Å²) in [6.45, 7) is 0. The number of hydrogen-bond donors (Lipinski definition) is 0. The first-order valence-electron chi connectivity index (χ1n) is 10.5. The maximum absolute atomic E-state index is 6.36. The van der Waals surface area contributed by atoms with Crippen molar-refractivity contribution in [1.82, 2.24) is 0 Å². The minimum absolute atomic E-state index is 0.105. The SMILES string of the molecule is Clc1cccc(Cl)c1C=N[C@@H](C1CCC1)[C@@H](N=Cc1c(Cl)cccc1Cl)C1CCC1. The molecule has 0 unspecified atom stereocenters. The summed E-state index contributed by atoms with van der Waals surface area (Å²) >= 11 is 25.4. The molecule has 0 N–H and O–H groups in total. The van der Waals surface area contributed by atoms with Crippen LogP contribution >= 0.6 is 46.4 Å². The lowest BCUT2D eigenvalue weighted by atomic mass is 9.70. The van der Waals surface area contributed by atoms with E-state index in [0.717, 1.165) is 11.1 Å². The molecular formula is C24H24Cl4N2. The van der Waals surface area contributed by atoms with Gasteiger partial charge in [0.15, 0.2) is 0 Å². The number of hydrogen-bond acceptors (Lipinski definition) is 2. The Hall–Kier alpha value is -1.06. The Morgan fingerprint density at radius 1 is 0.633 bits per heavy atom. The Morgan fingerprint density at radius 3 is 1.23 bits per heavy atom. The predicted octanol–water partition coefficient (Wildman–Crippen LogP) is 8.18. The molecule has 2 nitrogen and oxygen atoms in total. The van der Waals surface area contributed by atoms with Gasteiger partial charge in [-0.3, -0.25) is 9.98 Å². The van der Waals surface area contributed by atoms with Gasteiger partial charge in [0.05, 0.1) is 32.2 Å². The lowest BCUT2D eigenvalue weighted by Crippen LogP contribution is -2.41. The van der Waals surface area contributed by atoms with Gasteiger partial charge in [0, 0.05) is 23.6 Å². The van der Waals surface area contributed by atoms with Crippen LogP contribution < -0.4 is 0 Å². The van der Waals surface area contributed by atoms with Crippen LogP contribution in [0.15, 0.2) is 46.4 Å². The van der Waals surface area contributed by atoms with Crippen molar-refractivity contribution in [2.24, 2.45) is 21.8 Å². The van der Waals surface area contributed by atoms with Gasteiger partial charge in [-0.2, -0.15) is 0 Å². The minimum atomic E-state index is 0.105. The molecule has 6 heteroatoms. The predicted molar refractivity (Wildman–Crippen MR) is 130 cm³/mol. The second-order valence-corrected chi connectivity index (χ2v) is 9.82. The van der Waals surface area contributed by atoms with Gasteiger partial charge in [0.1, 0.15) is 0 Å². The molecule has 0 heterocycles. The Kier molecular flexibility index (Phi) is 7.41. The fourth-order valence-corrected chi connectivity index (χ4v) is 5.12. The van der Waals surface area contributed by atoms with E-state index in [-0.39, 0.29) is 12.1 Å². The van der Waals surface area contributed by atoms with E-state index in [2.05, 4.69) is 0 Å². The summed E-state index contributed by atoms with van der Waals surface area (Å²) in [4.78, 5) is 10.0. The second-order valence-electron chi connectivity index (χ2n) is 8.19. The average Bonchev–Trinajstić information content (AvgIpc) is 2.62. The fourth-order valence-electron chi connectivity index (χ4n) is 4.13. The van der Waals surface area contributed by atoms with Crippen molar-refractivity contribution >= 4 is 58.8 Å². The molecule has 2 aromatic carbocycles. The van der Waals surface area contributed by atoms with E-state index in [0.29, 0.717) is 31.9 Å². The van der Waals surface area contributed by atoms with Crippen molar-refractivity contribution < 1.29 is 0 Å². The molecule has 4 rings (SSSR count). The van der Waals surface area contributed by atoms with Crippen molar-refractivity contribution in [2.45, 2.75) is 50.6 Å². The average molecular weight is 482 g/mol. The molecule has 0 aromatic heterocycles. The summed E-state index contributed by atoms with van der Waals surface area (Å²) in [6, 6.07) is 11.3. The second kappa shape index (κ2) is 10.0. The number of benzene rings is 2. The molecule has 2 saturated carbocycles. The molecule has 2 aliphatic rings. The van der Waals surface area contributed by atoms with Crippen LogP contribution in [-0.2, 0) is 0 Å². The zero-order valence-electron chi connectivity index (χ0n) is 16.6. The van der Waals surface area contributed by atoms with Gasteiger partial charge in [-0.05, 0) is 61.8 Å². The van der Waals surface area contributed by atoms with Crippen molar-refractivity contribution in [3.8, 4) is 0 Å². The van der Waals surface area contributed by atoms with Crippen molar-refractivity contribution in [3.05, 3.63) is 67.6 Å². The summed E-state index contributed by atoms with van der Waals surface area (Å²) in [5.74, 6) is 1.07. The van der Waals surface area contributed by atoms with Crippen molar-refractivity contribution in [1.29, 1.82) is 0 Å². The Balaban J connectivity index is 1.65. The number of nitrogens with zero attached hydrogens (tertiary/aromatic N) is 2. The van der Waals surface area contributed by atoms with Crippen molar-refractivity contribution in [3.63, 3.8) is 0 Å². The van der Waals surface area contributed by atoms with Crippen molar-refractivity contribution in [2.75, 3.05) is 0 Å². The zero-order chi connectivity index (χ0) is 21.1. The van der Waals surface area contributed by atoms with E-state index in [4.69, 9.17) is 56.4 Å². The molecule has 2 aromatic rings. The highest BCUT2D eigenvalue weighted by molar-refractivity contribution is 6.39. The van der Waals surface area contributed by atoms with E-state index in [1.807, 2.05) is 48.8 Å². The van der Waals surface area contributed by atoms with Crippen LogP contribution in [0.3, 0.4) is 0 Å². The monoisotopic (exact) mass is 480 g/mol. The number of aliphatic imine (C=N–C) groups is 2. The summed E-state index contributed by atoms with van der Waals surface area (Å²) in [6.07, 6.45) is 10.9. The molecule has 2 aliphatic carbocycles. The zero-order valence-corrected chi connectivity index (χ0v) is 19.6. The highest BCUT2D eigenvalue weighted by Gasteiger charge is 2.39. The van der Waals surface area contributed by atoms with Crippen LogP contribution in [0.2, 0.25) is 20.1 Å². The van der Waals surface area contributed by atoms with Crippen LogP contribution in [-0.4, -0.2) is 24.5 Å². The van der Waals surface area contributed by atoms with E-state index in [9.17, 15) is 0 Å². The van der Waals surface area contributed by atoms with E-state index in [1.54, 1.807) is 0 Å². The lowest BCUT2D eigenvalue weighted by Gasteiger charge is -2.41. The molecule has 0 radical (unpaired) electrons. The van der Waals surface area contributed by atoms with Gasteiger partial charge >= 0.3 is 0 Å². The summed E-state index contributed by atoms with van der Waals surface area (Å²) in [5.41, 5.74) is 1.55. The third kappa shape index (κ3) is 4.88. The summed E-state index contributed by atoms with van der Waals surface area (Å²) in [7, 11) is 0. The quantitative estimate of drug-likeness (QED) is 0.356. The van der Waals surface area contributed by atoms with Gasteiger partial charge in [0.25, 0.3) is 0 Å². The molecule has 2 atom stereocenters. The Morgan fingerprint density at radius 2 is 0.967 bits per heavy atom. The summed E-state index contributed by atoms with van der Waals surface area (Å²) < 4.78 is 0. The van der Waals surface area contributed by atoms with Crippen LogP contribution in [0.5, 0.6) is 0 Å². The molecule has 0 aliphatic heterocycles. The van der Waals surface area contributed by atoms with Crippen LogP contribution in [0.25, 0.3) is 0 Å². The summed E-state index contributed by atoms with van der Waals surface area (Å²) in [5, 5.41) is 2.46. The maximum Gasteiger partial charge on any atom is 0.0753 e. The molecule has 0 saturated heterocycles. The third-order valence-electron chi connectivity index (χ3n) is 6.37. The number of rotatable bonds is 7. The smallest absolute Gasteiger partial charge is 0.0753 e. The van der Waals surface area contributed by atoms with Gasteiger partial charge < -0.3 is 0 Å². The molecule has 158 valence electrons. The largest absolute Gasteiger partial charge is 0.287 e. The van der Waals surface area contributed by atoms with Crippen LogP contribution in [0.1, 0.15) is 49.7 Å². The standard InChI is InChI=1S/C24H24Cl4N2/c25-19-9-3-10-20(26)17(19)13-29-23(15-5-1-6-15)24(16-7-2-8-16)30-14-18-21(27)11-4-12-22(18)28/h3-4,9-16,23-24H,1-2,5-8H2/t23-,24-/m0/s1. The topological polar surface area (TPSA) is 24.7 Å². The molecule has 2 fully saturated rings. The number of halogens is 4. The molecule has 0 amide bonds. The van der Waals surface area contributed by atoms with Crippen LogP contribution in [0.4, 0.5) is 0 Å². The lowest BCUT2D eigenvalue weighted by molar-refractivity contribution is 0.170. The normalized spacial score (nSPS) is 19.7. The highest BCUT2D eigenvalue weighted by atomic mass is 35.5. The van der Waals surface area contributed by atoms with E-state index < -0.39 is 0 Å². The molecule has 30 heavy (non-hydrogen) atoms. The van der Waals surface area contributed by atoms with Gasteiger partial charge in [-0.15, -0.1) is 0 Å². The van der Waals surface area contributed by atoms with Crippen LogP contribution in [0, 0.1) is 11.8 Å². The van der Waals surface area contributed by atoms with Gasteiger partial charge in [0.2, 0.25) is 0 Å². The Bertz CT molecular complexity index is 830. The fraction of sp³-hybridized carbons (Fsp3) is 0.417. The van der Waals surface area contributed by atoms with E-state index in [1.165, 1.54) is 38.5 Å². The maximum atomic E-state index is 6.36. The minimum Gasteiger partial charge on any atom is -0.287 e. The first kappa shape index (κ1) is 22.1. The molecular weight excluding hydrogens is 458 g/mol. The molecule has 0 bridgehead atoms. The first-order valence-corrected chi connectivity index (χ1v) is 12.0.